The number of ketones is 1. The van der Waals surface area contributed by atoms with Crippen molar-refractivity contribution in [2.45, 2.75) is 65.6 Å². The van der Waals surface area contributed by atoms with Crippen LogP contribution in [0, 0.1) is 34.5 Å². The lowest BCUT2D eigenvalue weighted by atomic mass is 9.46. The van der Waals surface area contributed by atoms with E-state index in [0.29, 0.717) is 12.8 Å². The normalized spacial score (nSPS) is 38.5. The molecule has 7 nitrogen and oxygen atoms in total. The van der Waals surface area contributed by atoms with Crippen molar-refractivity contribution in [3.05, 3.63) is 65.0 Å². The van der Waals surface area contributed by atoms with Gasteiger partial charge in [-0.2, -0.15) is 5.10 Å². The molecule has 4 aliphatic rings. The maximum atomic E-state index is 13.4. The molecule has 0 amide bonds. The molecule has 206 valence electrons. The number of rotatable bonds is 4. The zero-order chi connectivity index (χ0) is 27.9. The molecule has 2 saturated carbocycles. The van der Waals surface area contributed by atoms with Crippen molar-refractivity contribution in [2.24, 2.45) is 34.5 Å². The zero-order valence-electron chi connectivity index (χ0n) is 23.3. The molecule has 2 aromatic rings. The van der Waals surface area contributed by atoms with E-state index in [9.17, 15) is 19.8 Å². The molecule has 1 heterocycles. The van der Waals surface area contributed by atoms with Gasteiger partial charge in [0, 0.05) is 23.7 Å². The number of aliphatic hydroxyl groups is 2. The average molecular weight is 531 g/mol. The molecule has 6 rings (SSSR count). The molecule has 0 saturated heterocycles. The van der Waals surface area contributed by atoms with E-state index in [1.807, 2.05) is 42.9 Å². The van der Waals surface area contributed by atoms with Gasteiger partial charge in [-0.05, 0) is 73.3 Å². The van der Waals surface area contributed by atoms with E-state index in [1.54, 1.807) is 0 Å². The van der Waals surface area contributed by atoms with Crippen molar-refractivity contribution in [3.63, 3.8) is 0 Å². The third kappa shape index (κ3) is 3.52. The minimum absolute atomic E-state index is 0.00428. The summed E-state index contributed by atoms with van der Waals surface area (Å²) in [5.74, 6) is -1.38. The van der Waals surface area contributed by atoms with E-state index in [2.05, 4.69) is 38.1 Å². The minimum Gasteiger partial charge on any atom is -0.458 e. The number of fused-ring (bicyclic) bond motifs is 6. The number of hydrogen-bond donors (Lipinski definition) is 2. The molecule has 0 bridgehead atoms. The third-order valence-electron chi connectivity index (χ3n) is 10.7. The Kier molecular flexibility index (Phi) is 5.87. The van der Waals surface area contributed by atoms with Gasteiger partial charge in [-0.25, -0.2) is 4.68 Å². The number of carbonyl (C=O) groups is 2. The van der Waals surface area contributed by atoms with Crippen LogP contribution in [0.15, 0.2) is 53.8 Å². The van der Waals surface area contributed by atoms with Crippen molar-refractivity contribution in [1.82, 2.24) is 9.78 Å². The summed E-state index contributed by atoms with van der Waals surface area (Å²) in [4.78, 5) is 24.8. The lowest BCUT2D eigenvalue weighted by Crippen LogP contribution is -2.62. The highest BCUT2D eigenvalue weighted by Crippen LogP contribution is 2.68. The van der Waals surface area contributed by atoms with Crippen LogP contribution in [-0.4, -0.2) is 50.1 Å². The molecular weight excluding hydrogens is 492 g/mol. The van der Waals surface area contributed by atoms with Crippen LogP contribution in [0.2, 0.25) is 0 Å². The highest BCUT2D eigenvalue weighted by Gasteiger charge is 2.70. The van der Waals surface area contributed by atoms with Gasteiger partial charge in [0.25, 0.3) is 0 Å². The Bertz CT molecular complexity index is 1410. The largest absolute Gasteiger partial charge is 0.458 e. The molecule has 8 atom stereocenters. The Hall–Kier alpha value is -3.03. The first-order valence-electron chi connectivity index (χ1n) is 14.0. The maximum absolute atomic E-state index is 13.4. The SMILES string of the molecule is CC(=O)OCC(=O)[C@@]1(O)[C@H](C)CC2C3C=C(C)C4=Cc5c(cnn5-c5ccccc5)C[C@]4(C)C3[C@@H](O)C[C@@]21C. The summed E-state index contributed by atoms with van der Waals surface area (Å²) in [6, 6.07) is 10.1. The number of hydrogen-bond acceptors (Lipinski definition) is 6. The van der Waals surface area contributed by atoms with Gasteiger partial charge < -0.3 is 14.9 Å². The fourth-order valence-electron chi connectivity index (χ4n) is 9.04. The summed E-state index contributed by atoms with van der Waals surface area (Å²) in [6.45, 7) is 9.08. The summed E-state index contributed by atoms with van der Waals surface area (Å²) >= 11 is 0. The first kappa shape index (κ1) is 26.2. The Balaban J connectivity index is 1.41. The summed E-state index contributed by atoms with van der Waals surface area (Å²) in [5, 5.41) is 28.6. The third-order valence-corrected chi connectivity index (χ3v) is 10.7. The molecule has 0 aliphatic heterocycles. The monoisotopic (exact) mass is 530 g/mol. The average Bonchev–Trinajstić information content (AvgIpc) is 3.38. The predicted molar refractivity (Wildman–Crippen MR) is 147 cm³/mol. The van der Waals surface area contributed by atoms with Crippen molar-refractivity contribution in [1.29, 1.82) is 0 Å². The molecule has 0 spiro atoms. The van der Waals surface area contributed by atoms with E-state index >= 15 is 0 Å². The highest BCUT2D eigenvalue weighted by atomic mass is 16.5. The second kappa shape index (κ2) is 8.73. The first-order chi connectivity index (χ1) is 18.4. The minimum atomic E-state index is -1.67. The number of Topliss-reactive ketones (excluding diaryl/α,β-unsaturated/α-hetero) is 1. The topological polar surface area (TPSA) is 102 Å². The van der Waals surface area contributed by atoms with Crippen LogP contribution in [0.3, 0.4) is 0 Å². The lowest BCUT2D eigenvalue weighted by Gasteiger charge is -2.59. The summed E-state index contributed by atoms with van der Waals surface area (Å²) < 4.78 is 7.01. The second-order valence-corrected chi connectivity index (χ2v) is 12.8. The number of para-hydroxylation sites is 1. The number of allylic oxidation sites excluding steroid dienone is 3. The standard InChI is InChI=1S/C32H38N2O5/c1-18-11-23-25-12-19(2)32(38,28(37)17-39-20(3)35)31(25,5)15-27(36)29(23)30(4)14-21-16-33-34(26(21)13-24(18)30)22-9-7-6-8-10-22/h6-11,13,16,19,23,25,27,29,36,38H,12,14-15,17H2,1-5H3/t19-,23?,25?,27+,29?,30+,31+,32+/m1/s1. The second-order valence-electron chi connectivity index (χ2n) is 12.8. The molecule has 0 radical (unpaired) electrons. The molecule has 2 N–H and O–H groups in total. The van der Waals surface area contributed by atoms with Gasteiger partial charge in [0.05, 0.1) is 23.7 Å². The van der Waals surface area contributed by atoms with Crippen LogP contribution in [0.4, 0.5) is 0 Å². The highest BCUT2D eigenvalue weighted by molar-refractivity contribution is 5.91. The Labute approximate surface area is 229 Å². The van der Waals surface area contributed by atoms with Crippen LogP contribution >= 0.6 is 0 Å². The van der Waals surface area contributed by atoms with E-state index in [1.165, 1.54) is 18.1 Å². The number of aromatic nitrogens is 2. The van der Waals surface area contributed by atoms with Gasteiger partial charge in [-0.1, -0.05) is 50.6 Å². The number of esters is 1. The predicted octanol–water partition coefficient (Wildman–Crippen LogP) is 4.30. The summed E-state index contributed by atoms with van der Waals surface area (Å²) in [5.41, 5.74) is 2.83. The van der Waals surface area contributed by atoms with E-state index < -0.39 is 35.5 Å². The Morgan fingerprint density at radius 3 is 2.62 bits per heavy atom. The van der Waals surface area contributed by atoms with Gasteiger partial charge in [0.1, 0.15) is 5.60 Å². The summed E-state index contributed by atoms with van der Waals surface area (Å²) in [7, 11) is 0. The molecule has 3 unspecified atom stereocenters. The number of aliphatic hydroxyl groups excluding tert-OH is 1. The number of nitrogens with zero attached hydrogens (tertiary/aromatic N) is 2. The number of carbonyl (C=O) groups excluding carboxylic acids is 2. The van der Waals surface area contributed by atoms with Crippen molar-refractivity contribution >= 4 is 17.8 Å². The molecule has 1 aromatic heterocycles. The van der Waals surface area contributed by atoms with Crippen LogP contribution in [0.5, 0.6) is 0 Å². The molecule has 1 aromatic carbocycles. The fourth-order valence-corrected chi connectivity index (χ4v) is 9.04. The first-order valence-corrected chi connectivity index (χ1v) is 14.0. The van der Waals surface area contributed by atoms with Gasteiger partial charge in [-0.15, -0.1) is 0 Å². The van der Waals surface area contributed by atoms with Crippen molar-refractivity contribution in [3.8, 4) is 5.69 Å². The Morgan fingerprint density at radius 1 is 1.21 bits per heavy atom. The Morgan fingerprint density at radius 2 is 1.92 bits per heavy atom. The quantitative estimate of drug-likeness (QED) is 0.572. The van der Waals surface area contributed by atoms with Crippen LogP contribution in [-0.2, 0) is 20.7 Å². The van der Waals surface area contributed by atoms with Crippen LogP contribution in [0.25, 0.3) is 11.8 Å². The van der Waals surface area contributed by atoms with Gasteiger partial charge in [-0.3, -0.25) is 9.59 Å². The fraction of sp³-hybridized carbons (Fsp3) is 0.531. The van der Waals surface area contributed by atoms with Gasteiger partial charge in [0.15, 0.2) is 6.61 Å². The number of benzene rings is 1. The van der Waals surface area contributed by atoms with Crippen molar-refractivity contribution < 1.29 is 24.5 Å². The molecule has 4 aliphatic carbocycles. The van der Waals surface area contributed by atoms with E-state index in [4.69, 9.17) is 9.84 Å². The van der Waals surface area contributed by atoms with Crippen LogP contribution in [0.1, 0.15) is 58.7 Å². The smallest absolute Gasteiger partial charge is 0.303 e. The van der Waals surface area contributed by atoms with E-state index in [0.717, 1.165) is 23.4 Å². The van der Waals surface area contributed by atoms with Crippen molar-refractivity contribution in [2.75, 3.05) is 6.61 Å². The van der Waals surface area contributed by atoms with Crippen LogP contribution < -0.4 is 0 Å². The zero-order valence-corrected chi connectivity index (χ0v) is 23.3. The maximum Gasteiger partial charge on any atom is 0.303 e. The van der Waals surface area contributed by atoms with E-state index in [-0.39, 0.29) is 29.1 Å². The lowest BCUT2D eigenvalue weighted by molar-refractivity contribution is -0.182. The molecule has 7 heteroatoms. The van der Waals surface area contributed by atoms with Gasteiger partial charge in [0.2, 0.25) is 5.78 Å². The van der Waals surface area contributed by atoms with Gasteiger partial charge >= 0.3 is 5.97 Å². The molecule has 2 fully saturated rings. The molecule has 39 heavy (non-hydrogen) atoms. The number of ether oxygens (including phenoxy) is 1. The summed E-state index contributed by atoms with van der Waals surface area (Å²) in [6.07, 6.45) is 7.52. The molecular formula is C32H38N2O5.